The number of benzene rings is 2. The topological polar surface area (TPSA) is 49.4 Å². The normalized spacial score (nSPS) is 17.2. The third-order valence-electron chi connectivity index (χ3n) is 4.64. The van der Waals surface area contributed by atoms with Gasteiger partial charge < -0.3 is 10.2 Å². The summed E-state index contributed by atoms with van der Waals surface area (Å²) in [6.07, 6.45) is 2.14. The van der Waals surface area contributed by atoms with Crippen molar-refractivity contribution in [3.8, 4) is 0 Å². The molecule has 1 aliphatic rings. The van der Waals surface area contributed by atoms with Crippen LogP contribution in [0.3, 0.4) is 0 Å². The summed E-state index contributed by atoms with van der Waals surface area (Å²) in [6.45, 7) is 5.92. The van der Waals surface area contributed by atoms with Gasteiger partial charge in [-0.3, -0.25) is 9.59 Å². The average molecular weight is 369 g/mol. The Morgan fingerprint density at radius 2 is 1.85 bits per heavy atom. The van der Waals surface area contributed by atoms with E-state index >= 15 is 0 Å². The quantitative estimate of drug-likeness (QED) is 0.838. The molecule has 0 radical (unpaired) electrons. The fraction of sp³-hybridized carbons (Fsp3) is 0.238. The first kappa shape index (κ1) is 18.2. The molecule has 0 aromatic heterocycles. The Bertz CT molecular complexity index is 849. The van der Waals surface area contributed by atoms with Gasteiger partial charge in [-0.1, -0.05) is 54.1 Å². The zero-order valence-electron chi connectivity index (χ0n) is 14.6. The maximum atomic E-state index is 13.1. The molecule has 134 valence electrons. The summed E-state index contributed by atoms with van der Waals surface area (Å²) in [5.41, 5.74) is 2.54. The smallest absolute Gasteiger partial charge is 0.256 e. The number of hydrogen-bond donors (Lipinski definition) is 1. The molecule has 1 N–H and O–H groups in total. The first-order chi connectivity index (χ1) is 12.5. The van der Waals surface area contributed by atoms with E-state index in [0.717, 1.165) is 11.1 Å². The lowest BCUT2D eigenvalue weighted by Gasteiger charge is -2.36. The highest BCUT2D eigenvalue weighted by atomic mass is 35.5. The van der Waals surface area contributed by atoms with Gasteiger partial charge in [-0.2, -0.15) is 0 Å². The highest BCUT2D eigenvalue weighted by molar-refractivity contribution is 6.33. The van der Waals surface area contributed by atoms with E-state index in [4.69, 9.17) is 11.6 Å². The maximum absolute atomic E-state index is 13.1. The summed E-state index contributed by atoms with van der Waals surface area (Å²) in [6, 6.07) is 14.0. The molecule has 2 aromatic carbocycles. The van der Waals surface area contributed by atoms with Crippen LogP contribution in [0.1, 0.15) is 28.4 Å². The van der Waals surface area contributed by atoms with E-state index in [9.17, 15) is 9.59 Å². The molecule has 0 spiro atoms. The molecule has 26 heavy (non-hydrogen) atoms. The van der Waals surface area contributed by atoms with Gasteiger partial charge in [0, 0.05) is 19.0 Å². The molecule has 0 fully saturated rings. The Morgan fingerprint density at radius 1 is 1.19 bits per heavy atom. The first-order valence-corrected chi connectivity index (χ1v) is 8.94. The van der Waals surface area contributed by atoms with Crippen LogP contribution in [-0.2, 0) is 17.8 Å². The molecule has 3 rings (SSSR count). The number of amides is 2. The standard InChI is InChI=1S/C21H21ClN2O2/c1-3-14(2)23-20(25)19-12-15-8-4-5-9-16(15)13-24(19)21(26)17-10-6-7-11-18(17)22/h3-11,14,19H,1,12-13H2,2H3,(H,23,25)/t14-,19-/m0/s1. The lowest BCUT2D eigenvalue weighted by Crippen LogP contribution is -2.53. The number of rotatable bonds is 4. The van der Waals surface area contributed by atoms with Crippen molar-refractivity contribution in [1.29, 1.82) is 0 Å². The molecule has 1 heterocycles. The van der Waals surface area contributed by atoms with Crippen molar-refractivity contribution in [2.24, 2.45) is 0 Å². The predicted octanol–water partition coefficient (Wildman–Crippen LogP) is 3.60. The van der Waals surface area contributed by atoms with Crippen LogP contribution in [0.15, 0.2) is 61.2 Å². The maximum Gasteiger partial charge on any atom is 0.256 e. The summed E-state index contributed by atoms with van der Waals surface area (Å²) in [7, 11) is 0. The minimum absolute atomic E-state index is 0.170. The molecule has 5 heteroatoms. The largest absolute Gasteiger partial charge is 0.348 e. The van der Waals surface area contributed by atoms with E-state index in [0.29, 0.717) is 23.6 Å². The van der Waals surface area contributed by atoms with Gasteiger partial charge in [0.25, 0.3) is 5.91 Å². The van der Waals surface area contributed by atoms with Crippen LogP contribution >= 0.6 is 11.6 Å². The predicted molar refractivity (Wildman–Crippen MR) is 103 cm³/mol. The van der Waals surface area contributed by atoms with Gasteiger partial charge in [0.1, 0.15) is 6.04 Å². The molecule has 0 unspecified atom stereocenters. The van der Waals surface area contributed by atoms with Crippen LogP contribution in [0.2, 0.25) is 5.02 Å². The third kappa shape index (κ3) is 3.65. The summed E-state index contributed by atoms with van der Waals surface area (Å²) < 4.78 is 0. The Kier molecular flexibility index (Phi) is 5.43. The SMILES string of the molecule is C=C[C@H](C)NC(=O)[C@@H]1Cc2ccccc2CN1C(=O)c1ccccc1Cl. The molecular formula is C21H21ClN2O2. The van der Waals surface area contributed by atoms with E-state index in [1.807, 2.05) is 31.2 Å². The number of fused-ring (bicyclic) bond motifs is 1. The second-order valence-corrected chi connectivity index (χ2v) is 6.84. The zero-order chi connectivity index (χ0) is 18.7. The van der Waals surface area contributed by atoms with Gasteiger partial charge in [0.15, 0.2) is 0 Å². The van der Waals surface area contributed by atoms with Crippen molar-refractivity contribution in [3.63, 3.8) is 0 Å². The van der Waals surface area contributed by atoms with Gasteiger partial charge in [0.05, 0.1) is 10.6 Å². The van der Waals surface area contributed by atoms with Gasteiger partial charge in [-0.25, -0.2) is 0 Å². The zero-order valence-corrected chi connectivity index (χ0v) is 15.4. The van der Waals surface area contributed by atoms with Crippen LogP contribution in [-0.4, -0.2) is 28.8 Å². The van der Waals surface area contributed by atoms with E-state index in [2.05, 4.69) is 11.9 Å². The fourth-order valence-corrected chi connectivity index (χ4v) is 3.36. The molecule has 0 saturated carbocycles. The molecule has 0 aliphatic carbocycles. The van der Waals surface area contributed by atoms with E-state index in [-0.39, 0.29) is 17.9 Å². The summed E-state index contributed by atoms with van der Waals surface area (Å²) in [4.78, 5) is 27.6. The van der Waals surface area contributed by atoms with Crippen molar-refractivity contribution in [3.05, 3.63) is 82.9 Å². The Balaban J connectivity index is 1.96. The summed E-state index contributed by atoms with van der Waals surface area (Å²) in [5, 5.41) is 3.28. The number of nitrogens with zero attached hydrogens (tertiary/aromatic N) is 1. The van der Waals surface area contributed by atoms with Crippen LogP contribution in [0.5, 0.6) is 0 Å². The summed E-state index contributed by atoms with van der Waals surface area (Å²) >= 11 is 6.21. The van der Waals surface area contributed by atoms with E-state index in [1.165, 1.54) is 0 Å². The molecule has 2 aromatic rings. The molecule has 1 aliphatic heterocycles. The van der Waals surface area contributed by atoms with Crippen molar-refractivity contribution in [1.82, 2.24) is 10.2 Å². The number of hydrogen-bond acceptors (Lipinski definition) is 2. The molecule has 4 nitrogen and oxygen atoms in total. The molecule has 2 amide bonds. The minimum Gasteiger partial charge on any atom is -0.348 e. The second kappa shape index (κ2) is 7.75. The van der Waals surface area contributed by atoms with Crippen LogP contribution in [0.4, 0.5) is 0 Å². The number of halogens is 1. The molecule has 0 saturated heterocycles. The second-order valence-electron chi connectivity index (χ2n) is 6.43. The number of carbonyl (C=O) groups is 2. The van der Waals surface area contributed by atoms with Crippen molar-refractivity contribution < 1.29 is 9.59 Å². The Hall–Kier alpha value is -2.59. The van der Waals surface area contributed by atoms with Crippen molar-refractivity contribution in [2.75, 3.05) is 0 Å². The van der Waals surface area contributed by atoms with Crippen molar-refractivity contribution in [2.45, 2.75) is 32.0 Å². The molecule has 2 atom stereocenters. The van der Waals surface area contributed by atoms with E-state index < -0.39 is 6.04 Å². The summed E-state index contributed by atoms with van der Waals surface area (Å²) in [5.74, 6) is -0.427. The highest BCUT2D eigenvalue weighted by Gasteiger charge is 2.35. The van der Waals surface area contributed by atoms with Crippen LogP contribution < -0.4 is 5.32 Å². The number of nitrogens with one attached hydrogen (secondary N) is 1. The average Bonchev–Trinajstić information content (AvgIpc) is 2.66. The fourth-order valence-electron chi connectivity index (χ4n) is 3.14. The minimum atomic E-state index is -0.587. The monoisotopic (exact) mass is 368 g/mol. The highest BCUT2D eigenvalue weighted by Crippen LogP contribution is 2.27. The van der Waals surface area contributed by atoms with Gasteiger partial charge in [0.2, 0.25) is 5.91 Å². The van der Waals surface area contributed by atoms with Crippen LogP contribution in [0, 0.1) is 0 Å². The molecular weight excluding hydrogens is 348 g/mol. The van der Waals surface area contributed by atoms with Crippen molar-refractivity contribution >= 4 is 23.4 Å². The number of carbonyl (C=O) groups excluding carboxylic acids is 2. The lowest BCUT2D eigenvalue weighted by molar-refractivity contribution is -0.126. The van der Waals surface area contributed by atoms with Crippen LogP contribution in [0.25, 0.3) is 0 Å². The van der Waals surface area contributed by atoms with Gasteiger partial charge in [-0.05, 0) is 30.2 Å². The Morgan fingerprint density at radius 3 is 2.54 bits per heavy atom. The Labute approximate surface area is 158 Å². The lowest BCUT2D eigenvalue weighted by atomic mass is 9.92. The van der Waals surface area contributed by atoms with E-state index in [1.54, 1.807) is 35.2 Å². The first-order valence-electron chi connectivity index (χ1n) is 8.56. The molecule has 0 bridgehead atoms. The van der Waals surface area contributed by atoms with Gasteiger partial charge in [-0.15, -0.1) is 6.58 Å². The van der Waals surface area contributed by atoms with Gasteiger partial charge >= 0.3 is 0 Å². The third-order valence-corrected chi connectivity index (χ3v) is 4.97.